The van der Waals surface area contributed by atoms with E-state index >= 15 is 0 Å². The second kappa shape index (κ2) is 7.44. The molecule has 0 bridgehead atoms. The van der Waals surface area contributed by atoms with Crippen molar-refractivity contribution in [2.75, 3.05) is 18.2 Å². The van der Waals surface area contributed by atoms with Crippen LogP contribution in [0, 0.1) is 0 Å². The number of nitrogens with one attached hydrogen (secondary N) is 1. The Bertz CT molecular complexity index is 1040. The molecule has 0 unspecified atom stereocenters. The first-order valence-electron chi connectivity index (χ1n) is 8.73. The lowest BCUT2D eigenvalue weighted by molar-refractivity contribution is -0.113. The summed E-state index contributed by atoms with van der Waals surface area (Å²) in [6.45, 7) is 0. The molecule has 1 N–H and O–H groups in total. The summed E-state index contributed by atoms with van der Waals surface area (Å²) in [5.41, 5.74) is 1.34. The van der Waals surface area contributed by atoms with Gasteiger partial charge in [-0.05, 0) is 49.2 Å². The minimum Gasteiger partial charge on any atom is -0.497 e. The number of anilines is 1. The molecule has 1 saturated carbocycles. The maximum absolute atomic E-state index is 12.8. The van der Waals surface area contributed by atoms with Gasteiger partial charge in [-0.25, -0.2) is 4.98 Å². The van der Waals surface area contributed by atoms with E-state index in [1.165, 1.54) is 11.8 Å². The van der Waals surface area contributed by atoms with Crippen LogP contribution in [0.2, 0.25) is 0 Å². The lowest BCUT2D eigenvalue weighted by Gasteiger charge is -2.12. The van der Waals surface area contributed by atoms with Crippen LogP contribution in [-0.2, 0) is 4.79 Å². The molecule has 1 aromatic heterocycles. The molecule has 0 aliphatic heterocycles. The fraction of sp³-hybridized carbons (Fsp3) is 0.250. The topological polar surface area (TPSA) is 73.2 Å². The molecule has 3 aromatic rings. The quantitative estimate of drug-likeness (QED) is 0.523. The van der Waals surface area contributed by atoms with E-state index in [9.17, 15) is 9.59 Å². The lowest BCUT2D eigenvalue weighted by Crippen LogP contribution is -2.23. The third-order valence-electron chi connectivity index (χ3n) is 4.39. The van der Waals surface area contributed by atoms with Gasteiger partial charge in [-0.1, -0.05) is 23.9 Å². The maximum atomic E-state index is 12.8. The molecule has 0 atom stereocenters. The van der Waals surface area contributed by atoms with Crippen LogP contribution in [0.15, 0.2) is 58.5 Å². The van der Waals surface area contributed by atoms with Crippen molar-refractivity contribution in [3.8, 4) is 5.75 Å². The first kappa shape index (κ1) is 17.6. The van der Waals surface area contributed by atoms with Crippen molar-refractivity contribution in [1.82, 2.24) is 9.55 Å². The van der Waals surface area contributed by atoms with Gasteiger partial charge in [0.25, 0.3) is 5.56 Å². The smallest absolute Gasteiger partial charge is 0.262 e. The first-order chi connectivity index (χ1) is 13.2. The normalized spacial score (nSPS) is 13.5. The summed E-state index contributed by atoms with van der Waals surface area (Å²) in [6, 6.07) is 14.7. The van der Waals surface area contributed by atoms with E-state index in [0.717, 1.165) is 18.6 Å². The van der Waals surface area contributed by atoms with E-state index in [0.29, 0.717) is 21.7 Å². The summed E-state index contributed by atoms with van der Waals surface area (Å²) >= 11 is 1.29. The van der Waals surface area contributed by atoms with Gasteiger partial charge in [0.1, 0.15) is 5.75 Å². The highest BCUT2D eigenvalue weighted by molar-refractivity contribution is 7.99. The number of benzene rings is 2. The predicted octanol–water partition coefficient (Wildman–Crippen LogP) is 3.47. The first-order valence-corrected chi connectivity index (χ1v) is 9.72. The van der Waals surface area contributed by atoms with E-state index in [-0.39, 0.29) is 23.3 Å². The second-order valence-electron chi connectivity index (χ2n) is 6.38. The predicted molar refractivity (Wildman–Crippen MR) is 107 cm³/mol. The molecule has 1 aliphatic rings. The van der Waals surface area contributed by atoms with Crippen LogP contribution in [-0.4, -0.2) is 28.3 Å². The number of carbonyl (C=O) groups excluding carboxylic acids is 1. The molecule has 1 fully saturated rings. The Kier molecular flexibility index (Phi) is 4.85. The number of fused-ring (bicyclic) bond motifs is 1. The van der Waals surface area contributed by atoms with Gasteiger partial charge < -0.3 is 10.1 Å². The molecule has 1 aliphatic carbocycles. The molecule has 4 rings (SSSR count). The summed E-state index contributed by atoms with van der Waals surface area (Å²) < 4.78 is 6.85. The number of methoxy groups -OCH3 is 1. The summed E-state index contributed by atoms with van der Waals surface area (Å²) in [6.07, 6.45) is 1.96. The van der Waals surface area contributed by atoms with Crippen LogP contribution in [0.1, 0.15) is 18.9 Å². The van der Waals surface area contributed by atoms with Crippen LogP contribution in [0.3, 0.4) is 0 Å². The highest BCUT2D eigenvalue weighted by Gasteiger charge is 2.28. The van der Waals surface area contributed by atoms with Gasteiger partial charge in [-0.2, -0.15) is 0 Å². The minimum atomic E-state index is -0.144. The maximum Gasteiger partial charge on any atom is 0.262 e. The Balaban J connectivity index is 1.51. The van der Waals surface area contributed by atoms with E-state index in [1.807, 2.05) is 18.2 Å². The van der Waals surface area contributed by atoms with Crippen LogP contribution in [0.5, 0.6) is 5.75 Å². The zero-order valence-corrected chi connectivity index (χ0v) is 15.7. The van der Waals surface area contributed by atoms with E-state index in [1.54, 1.807) is 42.0 Å². The SMILES string of the molecule is COc1ccc(NC(=O)CSc2nc3ccccc3c(=O)n2C2CC2)cc1. The van der Waals surface area contributed by atoms with E-state index < -0.39 is 0 Å². The number of carbonyl (C=O) groups is 1. The molecule has 138 valence electrons. The highest BCUT2D eigenvalue weighted by atomic mass is 32.2. The van der Waals surface area contributed by atoms with Gasteiger partial charge in [-0.3, -0.25) is 14.2 Å². The number of rotatable bonds is 6. The van der Waals surface area contributed by atoms with E-state index in [2.05, 4.69) is 10.3 Å². The number of thioether (sulfide) groups is 1. The number of nitrogens with zero attached hydrogens (tertiary/aromatic N) is 2. The molecule has 6 nitrogen and oxygen atoms in total. The Morgan fingerprint density at radius 2 is 1.96 bits per heavy atom. The van der Waals surface area contributed by atoms with Crippen molar-refractivity contribution in [2.45, 2.75) is 24.0 Å². The van der Waals surface area contributed by atoms with Crippen LogP contribution in [0.4, 0.5) is 5.69 Å². The molecule has 0 radical (unpaired) electrons. The monoisotopic (exact) mass is 381 g/mol. The van der Waals surface area contributed by atoms with Crippen molar-refractivity contribution < 1.29 is 9.53 Å². The van der Waals surface area contributed by atoms with Crippen molar-refractivity contribution in [1.29, 1.82) is 0 Å². The fourth-order valence-electron chi connectivity index (χ4n) is 2.88. The number of hydrogen-bond donors (Lipinski definition) is 1. The van der Waals surface area contributed by atoms with Gasteiger partial charge in [0.05, 0.1) is 23.8 Å². The Hall–Kier alpha value is -2.80. The van der Waals surface area contributed by atoms with Gasteiger partial charge in [0.2, 0.25) is 5.91 Å². The number of ether oxygens (including phenoxy) is 1. The van der Waals surface area contributed by atoms with Crippen molar-refractivity contribution in [3.63, 3.8) is 0 Å². The van der Waals surface area contributed by atoms with Gasteiger partial charge in [-0.15, -0.1) is 0 Å². The second-order valence-corrected chi connectivity index (χ2v) is 7.33. The van der Waals surface area contributed by atoms with Crippen molar-refractivity contribution >= 4 is 34.3 Å². The summed E-state index contributed by atoms with van der Waals surface area (Å²) in [4.78, 5) is 29.8. The number of para-hydroxylation sites is 1. The molecule has 27 heavy (non-hydrogen) atoms. The zero-order chi connectivity index (χ0) is 18.8. The lowest BCUT2D eigenvalue weighted by atomic mass is 10.2. The molecule has 7 heteroatoms. The number of aromatic nitrogens is 2. The third kappa shape index (κ3) is 3.83. The highest BCUT2D eigenvalue weighted by Crippen LogP contribution is 2.36. The van der Waals surface area contributed by atoms with Gasteiger partial charge in [0, 0.05) is 11.7 Å². The fourth-order valence-corrected chi connectivity index (χ4v) is 3.75. The van der Waals surface area contributed by atoms with Crippen LogP contribution in [0.25, 0.3) is 10.9 Å². The average Bonchev–Trinajstić information content (AvgIpc) is 3.52. The summed E-state index contributed by atoms with van der Waals surface area (Å²) in [7, 11) is 1.60. The Labute approximate surface area is 160 Å². The molecule has 1 amide bonds. The summed E-state index contributed by atoms with van der Waals surface area (Å²) in [5.74, 6) is 0.773. The van der Waals surface area contributed by atoms with Crippen molar-refractivity contribution in [2.24, 2.45) is 0 Å². The Morgan fingerprint density at radius 3 is 2.67 bits per heavy atom. The molecule has 2 aromatic carbocycles. The molecule has 0 spiro atoms. The Morgan fingerprint density at radius 1 is 1.22 bits per heavy atom. The number of hydrogen-bond acceptors (Lipinski definition) is 5. The third-order valence-corrected chi connectivity index (χ3v) is 5.35. The summed E-state index contributed by atoms with van der Waals surface area (Å²) in [5, 5.41) is 4.07. The average molecular weight is 381 g/mol. The minimum absolute atomic E-state index is 0.0267. The largest absolute Gasteiger partial charge is 0.497 e. The standard InChI is InChI=1S/C20H19N3O3S/c1-26-15-10-6-13(7-11-15)21-18(24)12-27-20-22-17-5-3-2-4-16(17)19(25)23(20)14-8-9-14/h2-7,10-11,14H,8-9,12H2,1H3,(H,21,24). The van der Waals surface area contributed by atoms with Crippen LogP contribution < -0.4 is 15.6 Å². The molecule has 0 saturated heterocycles. The molecular formula is C20H19N3O3S. The van der Waals surface area contributed by atoms with Gasteiger partial charge in [0.15, 0.2) is 5.16 Å². The molecule has 1 heterocycles. The molecular weight excluding hydrogens is 362 g/mol. The van der Waals surface area contributed by atoms with E-state index in [4.69, 9.17) is 4.74 Å². The van der Waals surface area contributed by atoms with Crippen molar-refractivity contribution in [3.05, 3.63) is 58.9 Å². The zero-order valence-electron chi connectivity index (χ0n) is 14.8. The number of amides is 1. The van der Waals surface area contributed by atoms with Gasteiger partial charge >= 0.3 is 0 Å². The van der Waals surface area contributed by atoms with Crippen LogP contribution >= 0.6 is 11.8 Å².